The van der Waals surface area contributed by atoms with Gasteiger partial charge in [0.15, 0.2) is 0 Å². The van der Waals surface area contributed by atoms with Gasteiger partial charge in [-0.2, -0.15) is 0 Å². The zero-order valence-electron chi connectivity index (χ0n) is 9.31. The molecule has 0 aromatic heterocycles. The lowest BCUT2D eigenvalue weighted by Gasteiger charge is -2.26. The van der Waals surface area contributed by atoms with Crippen LogP contribution in [0.4, 0.5) is 0 Å². The Hall–Kier alpha value is -0.530. The lowest BCUT2D eigenvalue weighted by Crippen LogP contribution is -2.35. The van der Waals surface area contributed by atoms with Gasteiger partial charge in [-0.05, 0) is 39.0 Å². The van der Waals surface area contributed by atoms with Crippen molar-refractivity contribution in [1.82, 2.24) is 5.32 Å². The van der Waals surface area contributed by atoms with Crippen molar-refractivity contribution in [2.24, 2.45) is 11.8 Å². The minimum Gasteiger partial charge on any atom is -0.351 e. The molecule has 1 saturated carbocycles. The molecule has 0 spiro atoms. The van der Waals surface area contributed by atoms with E-state index in [1.54, 1.807) is 0 Å². The lowest BCUT2D eigenvalue weighted by atomic mass is 9.77. The van der Waals surface area contributed by atoms with Crippen LogP contribution in [0.3, 0.4) is 0 Å². The topological polar surface area (TPSA) is 29.1 Å². The van der Waals surface area contributed by atoms with Gasteiger partial charge in [-0.25, -0.2) is 0 Å². The van der Waals surface area contributed by atoms with Gasteiger partial charge < -0.3 is 5.32 Å². The Morgan fingerprint density at radius 3 is 2.36 bits per heavy atom. The second-order valence-corrected chi connectivity index (χ2v) is 5.58. The van der Waals surface area contributed by atoms with Crippen molar-refractivity contribution < 1.29 is 4.79 Å². The molecule has 1 aliphatic carbocycles. The van der Waals surface area contributed by atoms with E-state index in [2.05, 4.69) is 19.2 Å². The smallest absolute Gasteiger partial charge is 0.223 e. The molecule has 2 heteroatoms. The molecule has 0 aromatic carbocycles. The molecule has 1 amide bonds. The molecule has 2 nitrogen and oxygen atoms in total. The third-order valence-electron chi connectivity index (χ3n) is 3.75. The molecule has 2 aliphatic rings. The molecule has 1 atom stereocenters. The second kappa shape index (κ2) is 3.56. The van der Waals surface area contributed by atoms with Crippen LogP contribution in [0.15, 0.2) is 0 Å². The molecular weight excluding hydrogens is 174 g/mol. The highest BCUT2D eigenvalue weighted by Gasteiger charge is 2.41. The number of rotatable bonds is 1. The summed E-state index contributed by atoms with van der Waals surface area (Å²) in [7, 11) is 0. The fourth-order valence-electron chi connectivity index (χ4n) is 3.04. The maximum Gasteiger partial charge on any atom is 0.223 e. The first kappa shape index (κ1) is 10.0. The van der Waals surface area contributed by atoms with Crippen molar-refractivity contribution >= 4 is 5.91 Å². The van der Waals surface area contributed by atoms with E-state index < -0.39 is 0 Å². The molecular formula is C12H21NO. The van der Waals surface area contributed by atoms with Crippen LogP contribution in [0.1, 0.15) is 52.4 Å². The highest BCUT2D eigenvalue weighted by Crippen LogP contribution is 2.37. The summed E-state index contributed by atoms with van der Waals surface area (Å²) in [5, 5.41) is 3.10. The van der Waals surface area contributed by atoms with Crippen LogP contribution < -0.4 is 5.32 Å². The van der Waals surface area contributed by atoms with Crippen molar-refractivity contribution in [1.29, 1.82) is 0 Å². The van der Waals surface area contributed by atoms with Crippen molar-refractivity contribution in [3.8, 4) is 0 Å². The van der Waals surface area contributed by atoms with E-state index in [1.165, 1.54) is 32.1 Å². The van der Waals surface area contributed by atoms with Crippen molar-refractivity contribution in [2.75, 3.05) is 0 Å². The first-order chi connectivity index (χ1) is 6.58. The van der Waals surface area contributed by atoms with Crippen LogP contribution in [0.25, 0.3) is 0 Å². The highest BCUT2D eigenvalue weighted by molar-refractivity contribution is 5.82. The minimum atomic E-state index is 0.0409. The van der Waals surface area contributed by atoms with Crippen molar-refractivity contribution in [2.45, 2.75) is 57.9 Å². The Morgan fingerprint density at radius 1 is 1.21 bits per heavy atom. The molecule has 1 aliphatic heterocycles. The second-order valence-electron chi connectivity index (χ2n) is 5.58. The minimum absolute atomic E-state index is 0.0409. The normalized spacial score (nSPS) is 33.0. The van der Waals surface area contributed by atoms with E-state index in [0.29, 0.717) is 17.7 Å². The molecule has 1 heterocycles. The predicted octanol–water partition coefficient (Wildman–Crippen LogP) is 2.48. The van der Waals surface area contributed by atoms with Crippen LogP contribution in [-0.2, 0) is 4.79 Å². The number of carbonyl (C=O) groups is 1. The van der Waals surface area contributed by atoms with Gasteiger partial charge in [-0.1, -0.05) is 19.3 Å². The number of hydrogen-bond acceptors (Lipinski definition) is 1. The summed E-state index contributed by atoms with van der Waals surface area (Å²) in [6, 6.07) is 0. The summed E-state index contributed by atoms with van der Waals surface area (Å²) in [4.78, 5) is 11.8. The molecule has 1 saturated heterocycles. The van der Waals surface area contributed by atoms with E-state index in [-0.39, 0.29) is 5.54 Å². The van der Waals surface area contributed by atoms with Gasteiger partial charge in [0.25, 0.3) is 0 Å². The number of hydrogen-bond donors (Lipinski definition) is 1. The average Bonchev–Trinajstić information content (AvgIpc) is 2.41. The van der Waals surface area contributed by atoms with Crippen LogP contribution in [0, 0.1) is 11.8 Å². The number of amides is 1. The zero-order valence-corrected chi connectivity index (χ0v) is 9.31. The summed E-state index contributed by atoms with van der Waals surface area (Å²) in [5.74, 6) is 1.29. The maximum atomic E-state index is 11.8. The van der Waals surface area contributed by atoms with Crippen LogP contribution in [0.5, 0.6) is 0 Å². The summed E-state index contributed by atoms with van der Waals surface area (Å²) in [6.07, 6.45) is 7.61. The van der Waals surface area contributed by atoms with E-state index in [1.807, 2.05) is 0 Å². The zero-order chi connectivity index (χ0) is 10.2. The predicted molar refractivity (Wildman–Crippen MR) is 56.9 cm³/mol. The van der Waals surface area contributed by atoms with E-state index in [0.717, 1.165) is 6.42 Å². The summed E-state index contributed by atoms with van der Waals surface area (Å²) >= 11 is 0. The van der Waals surface area contributed by atoms with E-state index >= 15 is 0 Å². The van der Waals surface area contributed by atoms with Crippen molar-refractivity contribution in [3.63, 3.8) is 0 Å². The lowest BCUT2D eigenvalue weighted by molar-refractivity contribution is -0.124. The Labute approximate surface area is 86.5 Å². The first-order valence-corrected chi connectivity index (χ1v) is 5.90. The van der Waals surface area contributed by atoms with E-state index in [4.69, 9.17) is 0 Å². The molecule has 0 unspecified atom stereocenters. The number of carbonyl (C=O) groups excluding carboxylic acids is 1. The van der Waals surface area contributed by atoms with Gasteiger partial charge in [-0.3, -0.25) is 4.79 Å². The third kappa shape index (κ3) is 1.94. The van der Waals surface area contributed by atoms with Gasteiger partial charge in [-0.15, -0.1) is 0 Å². The molecule has 1 N–H and O–H groups in total. The van der Waals surface area contributed by atoms with E-state index in [9.17, 15) is 4.79 Å². The third-order valence-corrected chi connectivity index (χ3v) is 3.75. The first-order valence-electron chi connectivity index (χ1n) is 5.90. The largest absolute Gasteiger partial charge is 0.351 e. The average molecular weight is 195 g/mol. The molecule has 0 radical (unpaired) electrons. The van der Waals surface area contributed by atoms with Gasteiger partial charge in [0.2, 0.25) is 5.91 Å². The Morgan fingerprint density at radius 2 is 1.86 bits per heavy atom. The Balaban J connectivity index is 2.00. The SMILES string of the molecule is CC1(C)C[C@@H](C2CCCCC2)C(=O)N1. The van der Waals surface area contributed by atoms with Crippen LogP contribution >= 0.6 is 0 Å². The molecule has 2 rings (SSSR count). The molecule has 2 fully saturated rings. The molecule has 0 bridgehead atoms. The monoisotopic (exact) mass is 195 g/mol. The molecule has 0 aromatic rings. The summed E-state index contributed by atoms with van der Waals surface area (Å²) in [5.41, 5.74) is 0.0409. The van der Waals surface area contributed by atoms with Gasteiger partial charge in [0, 0.05) is 11.5 Å². The fraction of sp³-hybridized carbons (Fsp3) is 0.917. The quantitative estimate of drug-likeness (QED) is 0.684. The maximum absolute atomic E-state index is 11.8. The van der Waals surface area contributed by atoms with Gasteiger partial charge in [0.05, 0.1) is 0 Å². The van der Waals surface area contributed by atoms with Crippen LogP contribution in [0.2, 0.25) is 0 Å². The van der Waals surface area contributed by atoms with Gasteiger partial charge in [0.1, 0.15) is 0 Å². The summed E-state index contributed by atoms with van der Waals surface area (Å²) in [6.45, 7) is 4.27. The fourth-order valence-corrected chi connectivity index (χ4v) is 3.04. The Bertz CT molecular complexity index is 228. The molecule has 80 valence electrons. The Kier molecular flexibility index (Phi) is 2.54. The van der Waals surface area contributed by atoms with Crippen LogP contribution in [-0.4, -0.2) is 11.4 Å². The molecule has 14 heavy (non-hydrogen) atoms. The summed E-state index contributed by atoms with van der Waals surface area (Å²) < 4.78 is 0. The standard InChI is InChI=1S/C12H21NO/c1-12(2)8-10(11(14)13-12)9-6-4-3-5-7-9/h9-10H,3-8H2,1-2H3,(H,13,14)/t10-/m0/s1. The highest BCUT2D eigenvalue weighted by atomic mass is 16.2. The van der Waals surface area contributed by atoms with Crippen molar-refractivity contribution in [3.05, 3.63) is 0 Å². The number of nitrogens with one attached hydrogen (secondary N) is 1. The van der Waals surface area contributed by atoms with Gasteiger partial charge >= 0.3 is 0 Å².